The van der Waals surface area contributed by atoms with Crippen LogP contribution in [0.1, 0.15) is 60.0 Å². The Bertz CT molecular complexity index is 863. The number of piperidine rings is 1. The number of benzene rings is 2. The minimum absolute atomic E-state index is 0.0000897. The molecule has 0 aromatic heterocycles. The number of Topliss-reactive ketones (excluding diaryl/α,β-unsaturated/α-hetero) is 1. The molecule has 0 aliphatic carbocycles. The first-order chi connectivity index (χ1) is 13.6. The molecule has 4 rings (SSSR count). The first-order valence-corrected chi connectivity index (χ1v) is 10.1. The Labute approximate surface area is 166 Å². The summed E-state index contributed by atoms with van der Waals surface area (Å²) in [6.45, 7) is 1.54. The van der Waals surface area contributed by atoms with Gasteiger partial charge in [0.05, 0.1) is 13.5 Å². The summed E-state index contributed by atoms with van der Waals surface area (Å²) >= 11 is 0. The van der Waals surface area contributed by atoms with E-state index in [0.717, 1.165) is 31.2 Å². The fourth-order valence-electron chi connectivity index (χ4n) is 4.97. The van der Waals surface area contributed by atoms with Crippen LogP contribution in [0.5, 0.6) is 5.75 Å². The summed E-state index contributed by atoms with van der Waals surface area (Å²) in [7, 11) is 1.60. The lowest BCUT2D eigenvalue weighted by Gasteiger charge is -2.39. The molecule has 28 heavy (non-hydrogen) atoms. The van der Waals surface area contributed by atoms with Gasteiger partial charge in [-0.3, -0.25) is 9.59 Å². The van der Waals surface area contributed by atoms with Gasteiger partial charge in [0, 0.05) is 23.2 Å². The molecule has 146 valence electrons. The van der Waals surface area contributed by atoms with E-state index in [2.05, 4.69) is 35.2 Å². The first-order valence-electron chi connectivity index (χ1n) is 10.1. The third kappa shape index (κ3) is 3.56. The van der Waals surface area contributed by atoms with Crippen molar-refractivity contribution >= 4 is 11.7 Å². The van der Waals surface area contributed by atoms with Gasteiger partial charge in [-0.1, -0.05) is 30.3 Å². The first kappa shape index (κ1) is 18.7. The van der Waals surface area contributed by atoms with E-state index in [1.54, 1.807) is 32.2 Å². The molecule has 2 saturated heterocycles. The quantitative estimate of drug-likeness (QED) is 0.727. The standard InChI is InChI=1S/C24H27NO3/c1-16(26)18-8-11-23(28-2)20(12-18)15-24(27)25-21-9-10-22(25)14-19(13-21)17-6-4-3-5-7-17/h3-8,11-12,19,21-22H,9-10,13-15H2,1-2H3/t19?,21-,22+. The fraction of sp³-hybridized carbons (Fsp3) is 0.417. The van der Waals surface area contributed by atoms with Gasteiger partial charge in [-0.2, -0.15) is 0 Å². The average Bonchev–Trinajstić information content (AvgIpc) is 2.98. The fourth-order valence-corrected chi connectivity index (χ4v) is 4.97. The lowest BCUT2D eigenvalue weighted by molar-refractivity contribution is -0.135. The van der Waals surface area contributed by atoms with Crippen LogP contribution < -0.4 is 4.74 Å². The third-order valence-corrected chi connectivity index (χ3v) is 6.32. The summed E-state index contributed by atoms with van der Waals surface area (Å²) in [5.74, 6) is 1.36. The summed E-state index contributed by atoms with van der Waals surface area (Å²) in [5, 5.41) is 0. The zero-order valence-corrected chi connectivity index (χ0v) is 16.6. The highest BCUT2D eigenvalue weighted by atomic mass is 16.5. The highest BCUT2D eigenvalue weighted by molar-refractivity contribution is 5.94. The monoisotopic (exact) mass is 377 g/mol. The normalized spacial score (nSPS) is 23.5. The SMILES string of the molecule is COc1ccc(C(C)=O)cc1CC(=O)N1[C@@H]2CC[C@H]1CC(c1ccccc1)C2. The summed E-state index contributed by atoms with van der Waals surface area (Å²) in [5.41, 5.74) is 2.81. The van der Waals surface area contributed by atoms with E-state index in [0.29, 0.717) is 29.3 Å². The molecule has 3 atom stereocenters. The van der Waals surface area contributed by atoms with E-state index >= 15 is 0 Å². The number of nitrogens with zero attached hydrogens (tertiary/aromatic N) is 1. The molecule has 2 bridgehead atoms. The predicted octanol–water partition coefficient (Wildman–Crippen LogP) is 4.38. The molecule has 1 unspecified atom stereocenters. The van der Waals surface area contributed by atoms with E-state index in [1.165, 1.54) is 5.56 Å². The van der Waals surface area contributed by atoms with E-state index in [1.807, 2.05) is 0 Å². The summed E-state index contributed by atoms with van der Waals surface area (Å²) < 4.78 is 5.43. The van der Waals surface area contributed by atoms with Crippen molar-refractivity contribution in [3.63, 3.8) is 0 Å². The minimum atomic E-state index is 0.0000897. The highest BCUT2D eigenvalue weighted by Crippen LogP contribution is 2.43. The van der Waals surface area contributed by atoms with Crippen molar-refractivity contribution in [2.45, 2.75) is 57.0 Å². The number of methoxy groups -OCH3 is 1. The van der Waals surface area contributed by atoms with Crippen molar-refractivity contribution in [2.24, 2.45) is 0 Å². The summed E-state index contributed by atoms with van der Waals surface area (Å²) in [4.78, 5) is 27.1. The minimum Gasteiger partial charge on any atom is -0.496 e. The number of ether oxygens (including phenoxy) is 1. The lowest BCUT2D eigenvalue weighted by Crippen LogP contribution is -2.46. The third-order valence-electron chi connectivity index (χ3n) is 6.32. The Morgan fingerprint density at radius 3 is 2.32 bits per heavy atom. The van der Waals surface area contributed by atoms with Crippen LogP contribution in [0.2, 0.25) is 0 Å². The second-order valence-corrected chi connectivity index (χ2v) is 8.02. The van der Waals surface area contributed by atoms with Gasteiger partial charge in [-0.15, -0.1) is 0 Å². The van der Waals surface area contributed by atoms with E-state index in [-0.39, 0.29) is 18.1 Å². The van der Waals surface area contributed by atoms with Crippen LogP contribution in [0.3, 0.4) is 0 Å². The van der Waals surface area contributed by atoms with Crippen LogP contribution >= 0.6 is 0 Å². The number of ketones is 1. The number of hydrogen-bond acceptors (Lipinski definition) is 3. The van der Waals surface area contributed by atoms with Crippen LogP contribution in [0.25, 0.3) is 0 Å². The van der Waals surface area contributed by atoms with Gasteiger partial charge in [-0.05, 0) is 62.3 Å². The van der Waals surface area contributed by atoms with Crippen molar-refractivity contribution in [1.82, 2.24) is 4.90 Å². The van der Waals surface area contributed by atoms with Gasteiger partial charge in [0.2, 0.25) is 5.91 Å². The Morgan fingerprint density at radius 2 is 1.71 bits per heavy atom. The van der Waals surface area contributed by atoms with Crippen LogP contribution in [-0.4, -0.2) is 35.8 Å². The van der Waals surface area contributed by atoms with Crippen LogP contribution in [0, 0.1) is 0 Å². The molecule has 2 aliphatic heterocycles. The van der Waals surface area contributed by atoms with Crippen molar-refractivity contribution in [3.8, 4) is 5.75 Å². The van der Waals surface area contributed by atoms with Crippen LogP contribution in [0.4, 0.5) is 0 Å². The van der Waals surface area contributed by atoms with Gasteiger partial charge < -0.3 is 9.64 Å². The van der Waals surface area contributed by atoms with Gasteiger partial charge in [-0.25, -0.2) is 0 Å². The Hall–Kier alpha value is -2.62. The molecular formula is C24H27NO3. The van der Waals surface area contributed by atoms with Crippen molar-refractivity contribution in [2.75, 3.05) is 7.11 Å². The number of carbonyl (C=O) groups is 2. The van der Waals surface area contributed by atoms with Gasteiger partial charge in [0.15, 0.2) is 5.78 Å². The molecule has 2 aromatic rings. The lowest BCUT2D eigenvalue weighted by atomic mass is 9.85. The van der Waals surface area contributed by atoms with E-state index < -0.39 is 0 Å². The summed E-state index contributed by atoms with van der Waals surface area (Å²) in [6, 6.07) is 16.7. The van der Waals surface area contributed by atoms with Gasteiger partial charge >= 0.3 is 0 Å². The summed E-state index contributed by atoms with van der Waals surface area (Å²) in [6.07, 6.45) is 4.54. The molecule has 2 aromatic carbocycles. The molecule has 2 fully saturated rings. The Kier molecular flexibility index (Phi) is 5.21. The Morgan fingerprint density at radius 1 is 1.04 bits per heavy atom. The molecule has 2 aliphatic rings. The van der Waals surface area contributed by atoms with Crippen LogP contribution in [0.15, 0.2) is 48.5 Å². The number of rotatable bonds is 5. The zero-order valence-electron chi connectivity index (χ0n) is 16.6. The Balaban J connectivity index is 1.51. The second-order valence-electron chi connectivity index (χ2n) is 8.02. The number of fused-ring (bicyclic) bond motifs is 2. The van der Waals surface area contributed by atoms with E-state index in [4.69, 9.17) is 4.74 Å². The molecule has 2 heterocycles. The zero-order chi connectivity index (χ0) is 19.7. The molecule has 0 N–H and O–H groups in total. The average molecular weight is 377 g/mol. The highest BCUT2D eigenvalue weighted by Gasteiger charge is 2.43. The van der Waals surface area contributed by atoms with Crippen molar-refractivity contribution in [1.29, 1.82) is 0 Å². The molecular weight excluding hydrogens is 350 g/mol. The molecule has 0 spiro atoms. The topological polar surface area (TPSA) is 46.6 Å². The maximum absolute atomic E-state index is 13.2. The second kappa shape index (κ2) is 7.78. The predicted molar refractivity (Wildman–Crippen MR) is 109 cm³/mol. The van der Waals surface area contributed by atoms with Crippen molar-refractivity contribution < 1.29 is 14.3 Å². The van der Waals surface area contributed by atoms with Gasteiger partial charge in [0.25, 0.3) is 0 Å². The smallest absolute Gasteiger partial charge is 0.227 e. The van der Waals surface area contributed by atoms with E-state index in [9.17, 15) is 9.59 Å². The number of amides is 1. The molecule has 4 nitrogen and oxygen atoms in total. The van der Waals surface area contributed by atoms with Crippen LogP contribution in [-0.2, 0) is 11.2 Å². The molecule has 1 amide bonds. The maximum atomic E-state index is 13.2. The molecule has 0 radical (unpaired) electrons. The largest absolute Gasteiger partial charge is 0.496 e. The van der Waals surface area contributed by atoms with Crippen molar-refractivity contribution in [3.05, 3.63) is 65.2 Å². The number of hydrogen-bond donors (Lipinski definition) is 0. The van der Waals surface area contributed by atoms with Gasteiger partial charge in [0.1, 0.15) is 5.75 Å². The number of carbonyl (C=O) groups excluding carboxylic acids is 2. The molecule has 0 saturated carbocycles. The maximum Gasteiger partial charge on any atom is 0.227 e. The molecule has 4 heteroatoms.